The first kappa shape index (κ1) is 43.9. The summed E-state index contributed by atoms with van der Waals surface area (Å²) in [4.78, 5) is 12.9. The number of methoxy groups -OCH3 is 1. The Morgan fingerprint density at radius 3 is 1.57 bits per heavy atom. The predicted octanol–water partition coefficient (Wildman–Crippen LogP) is 6.77. The van der Waals surface area contributed by atoms with Crippen LogP contribution in [0.5, 0.6) is 11.5 Å². The van der Waals surface area contributed by atoms with E-state index in [2.05, 4.69) is 5.32 Å². The van der Waals surface area contributed by atoms with Crippen LogP contribution in [0, 0.1) is 0 Å². The number of hydrogen-bond acceptors (Lipinski definition) is 11. The highest BCUT2D eigenvalue weighted by Crippen LogP contribution is 2.35. The lowest BCUT2D eigenvalue weighted by atomic mass is 9.95. The molecule has 0 saturated carbocycles. The van der Waals surface area contributed by atoms with Crippen LogP contribution in [0.1, 0.15) is 36.1 Å². The van der Waals surface area contributed by atoms with Crippen molar-refractivity contribution in [2.24, 2.45) is 0 Å². The maximum absolute atomic E-state index is 12.9. The van der Waals surface area contributed by atoms with Crippen LogP contribution in [0.25, 0.3) is 0 Å². The van der Waals surface area contributed by atoms with Gasteiger partial charge in [0.1, 0.15) is 54.2 Å². The van der Waals surface area contributed by atoms with Gasteiger partial charge in [0.25, 0.3) is 0 Å². The Labute approximate surface area is 357 Å². The minimum absolute atomic E-state index is 0.0146. The number of nitrogens with one attached hydrogen (secondary N) is 1. The van der Waals surface area contributed by atoms with Crippen LogP contribution in [0.2, 0.25) is 0 Å². The van der Waals surface area contributed by atoms with Crippen molar-refractivity contribution >= 4 is 5.91 Å². The number of hydrogen-bond donors (Lipinski definition) is 2. The van der Waals surface area contributed by atoms with Crippen LogP contribution in [-0.2, 0) is 64.4 Å². The molecule has 12 nitrogen and oxygen atoms in total. The molecule has 2 fully saturated rings. The number of benzene rings is 5. The quantitative estimate of drug-likeness (QED) is 0.0915. The van der Waals surface area contributed by atoms with Crippen molar-refractivity contribution in [1.29, 1.82) is 0 Å². The van der Waals surface area contributed by atoms with E-state index in [9.17, 15) is 9.90 Å². The third-order valence-corrected chi connectivity index (χ3v) is 10.6. The van der Waals surface area contributed by atoms with Crippen LogP contribution in [0.4, 0.5) is 0 Å². The maximum Gasteiger partial charge on any atom is 0.223 e. The molecule has 5 aromatic carbocycles. The van der Waals surface area contributed by atoms with Gasteiger partial charge in [0, 0.05) is 6.92 Å². The second kappa shape index (κ2) is 22.1. The summed E-state index contributed by atoms with van der Waals surface area (Å²) in [5.41, 5.74) is 3.83. The van der Waals surface area contributed by atoms with E-state index in [0.717, 1.165) is 22.3 Å². The Balaban J connectivity index is 1.21. The molecule has 2 aliphatic rings. The van der Waals surface area contributed by atoms with Crippen molar-refractivity contribution in [2.75, 3.05) is 13.7 Å². The zero-order chi connectivity index (χ0) is 42.4. The summed E-state index contributed by atoms with van der Waals surface area (Å²) in [6, 6.07) is 45.2. The smallest absolute Gasteiger partial charge is 0.223 e. The molecule has 2 N–H and O–H groups in total. The number of aliphatic hydroxyl groups excluding tert-OH is 1. The molecule has 0 bridgehead atoms. The summed E-state index contributed by atoms with van der Waals surface area (Å²) in [5.74, 6) is 0.698. The van der Waals surface area contributed by atoms with E-state index in [1.54, 1.807) is 31.4 Å². The Kier molecular flexibility index (Phi) is 15.9. The lowest BCUT2D eigenvalue weighted by Crippen LogP contribution is -2.68. The van der Waals surface area contributed by atoms with Gasteiger partial charge in [0.05, 0.1) is 46.2 Å². The molecule has 0 spiro atoms. The third kappa shape index (κ3) is 12.2. The van der Waals surface area contributed by atoms with Gasteiger partial charge in [0.2, 0.25) is 12.2 Å². The third-order valence-electron chi connectivity index (χ3n) is 10.6. The van der Waals surface area contributed by atoms with Gasteiger partial charge in [-0.1, -0.05) is 121 Å². The first-order chi connectivity index (χ1) is 29.8. The second-order valence-electron chi connectivity index (χ2n) is 15.1. The number of carbonyl (C=O) groups is 1. The average Bonchev–Trinajstić information content (AvgIpc) is 3.29. The summed E-state index contributed by atoms with van der Waals surface area (Å²) in [5, 5.41) is 15.2. The van der Waals surface area contributed by atoms with E-state index in [0.29, 0.717) is 18.1 Å². The minimum Gasteiger partial charge on any atom is -0.497 e. The van der Waals surface area contributed by atoms with Gasteiger partial charge < -0.3 is 53.1 Å². The first-order valence-electron chi connectivity index (χ1n) is 20.6. The van der Waals surface area contributed by atoms with E-state index >= 15 is 0 Å². The zero-order valence-corrected chi connectivity index (χ0v) is 34.7. The SMILES string of the molecule is COc1ccc(O[C@@H]2O[C@H](COCc3ccccc3)[C@@H](O)[C@H](O[C@@H]3O[C@@H](C)[C@@H](OCc4ccccc4)[C@@H](OCc4ccccc4)[C@@H]3OCc3ccccc3)[C@H]2NC(C)=O)cc1. The summed E-state index contributed by atoms with van der Waals surface area (Å²) in [7, 11) is 1.58. The molecule has 10 atom stereocenters. The molecular formula is C49H55NO11. The molecule has 2 aliphatic heterocycles. The largest absolute Gasteiger partial charge is 0.497 e. The van der Waals surface area contributed by atoms with Crippen LogP contribution >= 0.6 is 0 Å². The van der Waals surface area contributed by atoms with Gasteiger partial charge in [-0.05, 0) is 53.4 Å². The fraction of sp³-hybridized carbons (Fsp3) is 0.367. The number of carbonyl (C=O) groups excluding carboxylic acids is 1. The molecule has 322 valence electrons. The second-order valence-corrected chi connectivity index (χ2v) is 15.1. The summed E-state index contributed by atoms with van der Waals surface area (Å²) in [6.07, 6.45) is -8.45. The highest BCUT2D eigenvalue weighted by Gasteiger charge is 2.53. The van der Waals surface area contributed by atoms with E-state index in [1.807, 2.05) is 128 Å². The predicted molar refractivity (Wildman–Crippen MR) is 226 cm³/mol. The number of aliphatic hydroxyl groups is 1. The van der Waals surface area contributed by atoms with E-state index in [-0.39, 0.29) is 32.3 Å². The van der Waals surface area contributed by atoms with Gasteiger partial charge in [0.15, 0.2) is 6.29 Å². The van der Waals surface area contributed by atoms with Crippen LogP contribution in [0.3, 0.4) is 0 Å². The maximum atomic E-state index is 12.9. The van der Waals surface area contributed by atoms with E-state index < -0.39 is 61.3 Å². The van der Waals surface area contributed by atoms with Crippen molar-refractivity contribution in [3.8, 4) is 11.5 Å². The molecule has 7 rings (SSSR count). The Bertz CT molecular complexity index is 2030. The van der Waals surface area contributed by atoms with Crippen LogP contribution in [-0.4, -0.2) is 86.1 Å². The molecule has 0 radical (unpaired) electrons. The fourth-order valence-electron chi connectivity index (χ4n) is 7.49. The van der Waals surface area contributed by atoms with Crippen molar-refractivity contribution in [3.63, 3.8) is 0 Å². The summed E-state index contributed by atoms with van der Waals surface area (Å²) in [6.45, 7) is 4.31. The van der Waals surface area contributed by atoms with Gasteiger partial charge in [-0.15, -0.1) is 0 Å². The molecule has 1 amide bonds. The summed E-state index contributed by atoms with van der Waals surface area (Å²) >= 11 is 0. The van der Waals surface area contributed by atoms with Crippen LogP contribution in [0.15, 0.2) is 146 Å². The van der Waals surface area contributed by atoms with Gasteiger partial charge >= 0.3 is 0 Å². The van der Waals surface area contributed by atoms with E-state index in [4.69, 9.17) is 42.6 Å². The van der Waals surface area contributed by atoms with Crippen molar-refractivity contribution < 1.29 is 52.5 Å². The number of ether oxygens (including phenoxy) is 9. The molecule has 5 aromatic rings. The standard InChI is InChI=1S/C49H55NO11/c1-33-44(55-29-36-18-10-5-11-19-36)46(56-30-37-20-12-6-13-21-37)47(57-31-38-22-14-7-15-23-38)49(58-33)61-45-42(50-34(2)51)48(59-40-26-24-39(53-3)25-27-40)60-41(43(45)52)32-54-28-35-16-8-4-9-17-35/h4-27,33,41-49,52H,28-32H2,1-3H3,(H,50,51)/t33-,41+,42+,43+,44+,45+,46+,47-,48+,49-/m0/s1. The normalized spacial score (nSPS) is 26.3. The Morgan fingerprint density at radius 2 is 1.07 bits per heavy atom. The molecule has 12 heteroatoms. The highest BCUT2D eigenvalue weighted by molar-refractivity contribution is 5.73. The monoisotopic (exact) mass is 833 g/mol. The number of rotatable bonds is 19. The molecule has 0 aromatic heterocycles. The lowest BCUT2D eigenvalue weighted by molar-refractivity contribution is -0.351. The first-order valence-corrected chi connectivity index (χ1v) is 20.6. The molecule has 2 heterocycles. The van der Waals surface area contributed by atoms with Gasteiger partial charge in [-0.25, -0.2) is 0 Å². The van der Waals surface area contributed by atoms with Gasteiger partial charge in [-0.2, -0.15) is 0 Å². The van der Waals surface area contributed by atoms with Crippen molar-refractivity contribution in [2.45, 2.75) is 102 Å². The molecule has 2 saturated heterocycles. The average molecular weight is 834 g/mol. The van der Waals surface area contributed by atoms with Crippen LogP contribution < -0.4 is 14.8 Å². The van der Waals surface area contributed by atoms with E-state index in [1.165, 1.54) is 6.92 Å². The Hall–Kier alpha value is -5.15. The Morgan fingerprint density at radius 1 is 0.590 bits per heavy atom. The molecular weight excluding hydrogens is 779 g/mol. The number of amides is 1. The van der Waals surface area contributed by atoms with Gasteiger partial charge in [-0.3, -0.25) is 4.79 Å². The molecule has 0 aliphatic carbocycles. The highest BCUT2D eigenvalue weighted by atomic mass is 16.7. The lowest BCUT2D eigenvalue weighted by Gasteiger charge is -2.49. The molecule has 0 unspecified atom stereocenters. The van der Waals surface area contributed by atoms with Crippen molar-refractivity contribution in [1.82, 2.24) is 5.32 Å². The zero-order valence-electron chi connectivity index (χ0n) is 34.7. The fourth-order valence-corrected chi connectivity index (χ4v) is 7.49. The topological polar surface area (TPSA) is 132 Å². The minimum atomic E-state index is -1.33. The summed E-state index contributed by atoms with van der Waals surface area (Å²) < 4.78 is 58.2. The molecule has 61 heavy (non-hydrogen) atoms. The van der Waals surface area contributed by atoms with Crippen molar-refractivity contribution in [3.05, 3.63) is 168 Å².